The number of hydrogen-bond acceptors (Lipinski definition) is 3. The van der Waals surface area contributed by atoms with Crippen LogP contribution in [0.15, 0.2) is 41.1 Å². The van der Waals surface area contributed by atoms with Gasteiger partial charge in [-0.3, -0.25) is 0 Å². The second kappa shape index (κ2) is 6.61. The van der Waals surface area contributed by atoms with Crippen molar-refractivity contribution in [2.75, 3.05) is 0 Å². The summed E-state index contributed by atoms with van der Waals surface area (Å²) in [5.74, 6) is 0.816. The Balaban J connectivity index is 2.31. The highest BCUT2D eigenvalue weighted by atomic mass is 15.2. The fourth-order valence-corrected chi connectivity index (χ4v) is 2.56. The van der Waals surface area contributed by atoms with Crippen molar-refractivity contribution in [2.24, 2.45) is 4.99 Å². The molecule has 3 heteroatoms. The van der Waals surface area contributed by atoms with Gasteiger partial charge in [-0.05, 0) is 45.8 Å². The van der Waals surface area contributed by atoms with Crippen LogP contribution in [0.4, 0.5) is 5.69 Å². The summed E-state index contributed by atoms with van der Waals surface area (Å²) < 4.78 is 0. The quantitative estimate of drug-likeness (QED) is 0.806. The molecule has 3 nitrogen and oxygen atoms in total. The first-order valence-corrected chi connectivity index (χ1v) is 7.61. The van der Waals surface area contributed by atoms with Crippen molar-refractivity contribution >= 4 is 11.6 Å². The Kier molecular flexibility index (Phi) is 4.84. The lowest BCUT2D eigenvalue weighted by molar-refractivity contribution is 0.687. The molecule has 0 aromatic heterocycles. The van der Waals surface area contributed by atoms with Crippen LogP contribution < -0.4 is 10.6 Å². The average molecular weight is 283 g/mol. The fourth-order valence-electron chi connectivity index (χ4n) is 2.56. The SMILES string of the molecule is C/C=C(\C=C/CC)NC1=Nc2c(C)cc(C)cc2C(C)N1. The Morgan fingerprint density at radius 3 is 2.81 bits per heavy atom. The van der Waals surface area contributed by atoms with E-state index in [1.165, 1.54) is 16.7 Å². The van der Waals surface area contributed by atoms with E-state index in [9.17, 15) is 0 Å². The highest BCUT2D eigenvalue weighted by Crippen LogP contribution is 2.33. The summed E-state index contributed by atoms with van der Waals surface area (Å²) >= 11 is 0. The molecule has 112 valence electrons. The molecule has 1 atom stereocenters. The standard InChI is InChI=1S/C18H25N3/c1-6-8-9-15(7-2)20-18-19-14(5)16-11-12(3)10-13(4)17(16)21-18/h7-11,14H,6H2,1-5H3,(H2,19,20,21)/b9-8-,15-7+. The summed E-state index contributed by atoms with van der Waals surface area (Å²) in [6.45, 7) is 10.6. The van der Waals surface area contributed by atoms with E-state index in [2.05, 4.69) is 68.7 Å². The molecule has 0 radical (unpaired) electrons. The molecule has 1 aromatic rings. The van der Waals surface area contributed by atoms with E-state index < -0.39 is 0 Å². The van der Waals surface area contributed by atoms with Gasteiger partial charge in [0.1, 0.15) is 0 Å². The molecule has 1 aliphatic rings. The van der Waals surface area contributed by atoms with Crippen molar-refractivity contribution in [3.63, 3.8) is 0 Å². The molecule has 0 spiro atoms. The molecule has 0 bridgehead atoms. The molecule has 1 aromatic carbocycles. The summed E-state index contributed by atoms with van der Waals surface area (Å²) in [6, 6.07) is 4.66. The predicted octanol–water partition coefficient (Wildman–Crippen LogP) is 4.41. The van der Waals surface area contributed by atoms with Crippen molar-refractivity contribution < 1.29 is 0 Å². The van der Waals surface area contributed by atoms with Crippen molar-refractivity contribution in [3.8, 4) is 0 Å². The number of rotatable bonds is 3. The fraction of sp³-hybridized carbons (Fsp3) is 0.389. The molecular weight excluding hydrogens is 258 g/mol. The number of fused-ring (bicyclic) bond motifs is 1. The third kappa shape index (κ3) is 3.54. The zero-order valence-electron chi connectivity index (χ0n) is 13.6. The van der Waals surface area contributed by atoms with Gasteiger partial charge < -0.3 is 10.6 Å². The van der Waals surface area contributed by atoms with Gasteiger partial charge in [-0.1, -0.05) is 36.8 Å². The maximum atomic E-state index is 4.75. The predicted molar refractivity (Wildman–Crippen MR) is 90.9 cm³/mol. The van der Waals surface area contributed by atoms with Gasteiger partial charge in [0.2, 0.25) is 5.96 Å². The van der Waals surface area contributed by atoms with Crippen LogP contribution in [0.3, 0.4) is 0 Å². The van der Waals surface area contributed by atoms with Gasteiger partial charge >= 0.3 is 0 Å². The molecule has 21 heavy (non-hydrogen) atoms. The van der Waals surface area contributed by atoms with Crippen LogP contribution in [-0.4, -0.2) is 5.96 Å². The third-order valence-corrected chi connectivity index (χ3v) is 3.62. The van der Waals surface area contributed by atoms with Gasteiger partial charge in [0.05, 0.1) is 11.7 Å². The maximum absolute atomic E-state index is 4.75. The zero-order valence-corrected chi connectivity index (χ0v) is 13.6. The first-order chi connectivity index (χ1) is 10.0. The number of hydrogen-bond donors (Lipinski definition) is 2. The van der Waals surface area contributed by atoms with Gasteiger partial charge in [-0.15, -0.1) is 0 Å². The van der Waals surface area contributed by atoms with E-state index in [0.29, 0.717) is 0 Å². The molecule has 1 aliphatic heterocycles. The lowest BCUT2D eigenvalue weighted by Crippen LogP contribution is -2.39. The number of guanidine groups is 1. The number of benzene rings is 1. The third-order valence-electron chi connectivity index (χ3n) is 3.62. The van der Waals surface area contributed by atoms with Gasteiger partial charge in [0.15, 0.2) is 0 Å². The van der Waals surface area contributed by atoms with Crippen molar-refractivity contribution in [2.45, 2.75) is 47.1 Å². The summed E-state index contributed by atoms with van der Waals surface area (Å²) in [4.78, 5) is 4.75. The first-order valence-electron chi connectivity index (χ1n) is 7.61. The number of aliphatic imine (C=N–C) groups is 1. The largest absolute Gasteiger partial charge is 0.349 e. The molecule has 1 heterocycles. The van der Waals surface area contributed by atoms with E-state index in [1.807, 2.05) is 6.92 Å². The Bertz CT molecular complexity index is 609. The Labute approximate surface area is 127 Å². The van der Waals surface area contributed by atoms with Gasteiger partial charge in [0, 0.05) is 11.3 Å². The number of nitrogens with zero attached hydrogens (tertiary/aromatic N) is 1. The zero-order chi connectivity index (χ0) is 15.4. The molecule has 2 rings (SSSR count). The van der Waals surface area contributed by atoms with E-state index in [-0.39, 0.29) is 6.04 Å². The molecule has 0 aliphatic carbocycles. The molecule has 0 saturated carbocycles. The first kappa shape index (κ1) is 15.4. The molecule has 0 amide bonds. The van der Waals surface area contributed by atoms with Crippen LogP contribution in [0.25, 0.3) is 0 Å². The highest BCUT2D eigenvalue weighted by Gasteiger charge is 2.20. The molecule has 0 saturated heterocycles. The molecule has 0 fully saturated rings. The van der Waals surface area contributed by atoms with Crippen molar-refractivity contribution in [1.82, 2.24) is 10.6 Å². The van der Waals surface area contributed by atoms with E-state index in [1.54, 1.807) is 0 Å². The Morgan fingerprint density at radius 1 is 1.38 bits per heavy atom. The number of nitrogens with one attached hydrogen (secondary N) is 2. The van der Waals surface area contributed by atoms with E-state index in [0.717, 1.165) is 23.8 Å². The maximum Gasteiger partial charge on any atom is 0.201 e. The van der Waals surface area contributed by atoms with Crippen LogP contribution in [0.2, 0.25) is 0 Å². The van der Waals surface area contributed by atoms with Crippen LogP contribution in [-0.2, 0) is 0 Å². The summed E-state index contributed by atoms with van der Waals surface area (Å²) in [6.07, 6.45) is 7.30. The number of aryl methyl sites for hydroxylation is 2. The van der Waals surface area contributed by atoms with Gasteiger partial charge in [-0.25, -0.2) is 4.99 Å². The van der Waals surface area contributed by atoms with Crippen LogP contribution >= 0.6 is 0 Å². The lowest BCUT2D eigenvalue weighted by atomic mass is 9.98. The summed E-state index contributed by atoms with van der Waals surface area (Å²) in [5.41, 5.74) is 5.92. The van der Waals surface area contributed by atoms with Crippen LogP contribution in [0, 0.1) is 13.8 Å². The minimum atomic E-state index is 0.256. The van der Waals surface area contributed by atoms with Crippen LogP contribution in [0.1, 0.15) is 49.9 Å². The summed E-state index contributed by atoms with van der Waals surface area (Å²) in [5, 5.41) is 6.80. The second-order valence-corrected chi connectivity index (χ2v) is 5.53. The minimum absolute atomic E-state index is 0.256. The normalized spacial score (nSPS) is 18.2. The summed E-state index contributed by atoms with van der Waals surface area (Å²) in [7, 11) is 0. The Morgan fingerprint density at radius 2 is 2.14 bits per heavy atom. The average Bonchev–Trinajstić information content (AvgIpc) is 2.44. The van der Waals surface area contributed by atoms with Gasteiger partial charge in [-0.2, -0.15) is 0 Å². The van der Waals surface area contributed by atoms with E-state index in [4.69, 9.17) is 4.99 Å². The topological polar surface area (TPSA) is 36.4 Å². The van der Waals surface area contributed by atoms with Crippen molar-refractivity contribution in [1.29, 1.82) is 0 Å². The molecule has 2 N–H and O–H groups in total. The number of allylic oxidation sites excluding steroid dienone is 3. The smallest absolute Gasteiger partial charge is 0.201 e. The highest BCUT2D eigenvalue weighted by molar-refractivity contribution is 5.88. The monoisotopic (exact) mass is 283 g/mol. The molecular formula is C18H25N3. The Hall–Kier alpha value is -2.03. The van der Waals surface area contributed by atoms with Gasteiger partial charge in [0.25, 0.3) is 0 Å². The van der Waals surface area contributed by atoms with Crippen molar-refractivity contribution in [3.05, 3.63) is 52.7 Å². The second-order valence-electron chi connectivity index (χ2n) is 5.53. The van der Waals surface area contributed by atoms with E-state index >= 15 is 0 Å². The molecule has 1 unspecified atom stereocenters. The minimum Gasteiger partial charge on any atom is -0.349 e. The lowest BCUT2D eigenvalue weighted by Gasteiger charge is -2.26. The van der Waals surface area contributed by atoms with Crippen LogP contribution in [0.5, 0.6) is 0 Å².